The van der Waals surface area contributed by atoms with Gasteiger partial charge in [0.25, 0.3) is 0 Å². The summed E-state index contributed by atoms with van der Waals surface area (Å²) in [6.07, 6.45) is 3.35. The smallest absolute Gasteiger partial charge is 0.106 e. The average Bonchev–Trinajstić information content (AvgIpc) is 2.41. The van der Waals surface area contributed by atoms with Crippen molar-refractivity contribution < 1.29 is 4.84 Å². The van der Waals surface area contributed by atoms with Crippen LogP contribution in [0.1, 0.15) is 5.56 Å². The molecule has 2 aromatic rings. The van der Waals surface area contributed by atoms with Gasteiger partial charge in [0.1, 0.15) is 12.1 Å². The number of hydrogen-bond donors (Lipinski definition) is 0. The number of pyridine rings is 1. The maximum atomic E-state index is 6.09. The third kappa shape index (κ3) is 3.48. The van der Waals surface area contributed by atoms with Gasteiger partial charge in [-0.2, -0.15) is 0 Å². The fourth-order valence-electron chi connectivity index (χ4n) is 1.28. The highest BCUT2D eigenvalue weighted by Crippen LogP contribution is 2.31. The number of nitrogens with zero attached hydrogens (tertiary/aromatic N) is 2. The van der Waals surface area contributed by atoms with Crippen LogP contribution in [0.4, 0.5) is 0 Å². The van der Waals surface area contributed by atoms with Crippen molar-refractivity contribution in [1.29, 1.82) is 0 Å². The largest absolute Gasteiger partial charge is 0.399 e. The van der Waals surface area contributed by atoms with E-state index in [1.54, 1.807) is 12.4 Å². The minimum absolute atomic E-state index is 0.731. The zero-order chi connectivity index (χ0) is 12.8. The zero-order valence-corrected chi connectivity index (χ0v) is 11.3. The van der Waals surface area contributed by atoms with Crippen molar-refractivity contribution in [1.82, 2.24) is 4.98 Å². The summed E-state index contributed by atoms with van der Waals surface area (Å²) in [5, 5.41) is 5.29. The topological polar surface area (TPSA) is 34.5 Å². The molecule has 92 valence electrons. The van der Waals surface area contributed by atoms with E-state index in [0.717, 1.165) is 20.5 Å². The molecule has 18 heavy (non-hydrogen) atoms. The standard InChI is InChI=1S/C13H11ClN2OS/c1-17-16-9-10-6-7-13(15-8-10)18-12-5-3-2-4-11(12)14/h2-9H,1H3. The van der Waals surface area contributed by atoms with Gasteiger partial charge in [0.2, 0.25) is 0 Å². The quantitative estimate of drug-likeness (QED) is 0.629. The van der Waals surface area contributed by atoms with Crippen molar-refractivity contribution in [2.75, 3.05) is 7.11 Å². The molecular formula is C13H11ClN2OS. The predicted molar refractivity (Wildman–Crippen MR) is 74.4 cm³/mol. The third-order valence-electron chi connectivity index (χ3n) is 2.12. The molecule has 1 heterocycles. The summed E-state index contributed by atoms with van der Waals surface area (Å²) in [5.74, 6) is 0. The summed E-state index contributed by atoms with van der Waals surface area (Å²) in [6.45, 7) is 0. The van der Waals surface area contributed by atoms with Crippen LogP contribution in [0.2, 0.25) is 5.02 Å². The molecule has 2 rings (SSSR count). The molecule has 0 aliphatic heterocycles. The first-order valence-corrected chi connectivity index (χ1v) is 6.44. The lowest BCUT2D eigenvalue weighted by Gasteiger charge is -2.02. The van der Waals surface area contributed by atoms with Gasteiger partial charge in [0.05, 0.1) is 11.2 Å². The van der Waals surface area contributed by atoms with Crippen molar-refractivity contribution in [3.63, 3.8) is 0 Å². The zero-order valence-electron chi connectivity index (χ0n) is 9.71. The number of rotatable bonds is 4. The molecule has 0 bridgehead atoms. The van der Waals surface area contributed by atoms with E-state index < -0.39 is 0 Å². The minimum Gasteiger partial charge on any atom is -0.399 e. The monoisotopic (exact) mass is 278 g/mol. The Bertz CT molecular complexity index is 543. The van der Waals surface area contributed by atoms with Gasteiger partial charge >= 0.3 is 0 Å². The fourth-order valence-corrected chi connectivity index (χ4v) is 2.31. The van der Waals surface area contributed by atoms with E-state index >= 15 is 0 Å². The molecular weight excluding hydrogens is 268 g/mol. The van der Waals surface area contributed by atoms with Gasteiger partial charge in [-0.05, 0) is 24.3 Å². The molecule has 0 fully saturated rings. The predicted octanol–water partition coefficient (Wildman–Crippen LogP) is 3.87. The molecule has 5 heteroatoms. The first kappa shape index (κ1) is 12.9. The van der Waals surface area contributed by atoms with E-state index in [0.29, 0.717) is 0 Å². The lowest BCUT2D eigenvalue weighted by molar-refractivity contribution is 0.215. The second-order valence-electron chi connectivity index (χ2n) is 3.38. The summed E-state index contributed by atoms with van der Waals surface area (Å²) < 4.78 is 0. The Balaban J connectivity index is 2.11. The Morgan fingerprint density at radius 2 is 2.11 bits per heavy atom. The summed E-state index contributed by atoms with van der Waals surface area (Å²) in [7, 11) is 1.51. The van der Waals surface area contributed by atoms with Crippen molar-refractivity contribution in [2.45, 2.75) is 9.92 Å². The molecule has 0 amide bonds. The maximum Gasteiger partial charge on any atom is 0.106 e. The third-order valence-corrected chi connectivity index (χ3v) is 3.59. The van der Waals surface area contributed by atoms with Crippen molar-refractivity contribution in [3.05, 3.63) is 53.2 Å². The Morgan fingerprint density at radius 1 is 1.28 bits per heavy atom. The van der Waals surface area contributed by atoms with Crippen LogP contribution >= 0.6 is 23.4 Å². The SMILES string of the molecule is CON=Cc1ccc(Sc2ccccc2Cl)nc1. The number of oxime groups is 1. The highest BCUT2D eigenvalue weighted by molar-refractivity contribution is 7.99. The first-order valence-electron chi connectivity index (χ1n) is 5.24. The van der Waals surface area contributed by atoms with E-state index in [1.165, 1.54) is 18.9 Å². The summed E-state index contributed by atoms with van der Waals surface area (Å²) in [5.41, 5.74) is 0.889. The Kier molecular flexibility index (Phi) is 4.61. The highest BCUT2D eigenvalue weighted by Gasteiger charge is 2.02. The number of hydrogen-bond acceptors (Lipinski definition) is 4. The molecule has 0 spiro atoms. The summed E-state index contributed by atoms with van der Waals surface area (Å²) in [6, 6.07) is 11.5. The first-order chi connectivity index (χ1) is 8.79. The Morgan fingerprint density at radius 3 is 2.78 bits per heavy atom. The van der Waals surface area contributed by atoms with Crippen LogP contribution in [0.25, 0.3) is 0 Å². The summed E-state index contributed by atoms with van der Waals surface area (Å²) in [4.78, 5) is 9.92. The van der Waals surface area contributed by atoms with E-state index in [9.17, 15) is 0 Å². The Labute approximate surface area is 115 Å². The van der Waals surface area contributed by atoms with Crippen molar-refractivity contribution in [2.24, 2.45) is 5.16 Å². The molecule has 0 atom stereocenters. The molecule has 1 aromatic carbocycles. The van der Waals surface area contributed by atoms with Crippen LogP contribution in [-0.2, 0) is 4.84 Å². The van der Waals surface area contributed by atoms with E-state index in [2.05, 4.69) is 15.0 Å². The molecule has 1 aromatic heterocycles. The normalized spacial score (nSPS) is 10.8. The van der Waals surface area contributed by atoms with Gasteiger partial charge < -0.3 is 4.84 Å². The van der Waals surface area contributed by atoms with Gasteiger partial charge in [-0.25, -0.2) is 4.98 Å². The molecule has 0 unspecified atom stereocenters. The van der Waals surface area contributed by atoms with Crippen molar-refractivity contribution >= 4 is 29.6 Å². The number of aromatic nitrogens is 1. The Hall–Kier alpha value is -1.52. The van der Waals surface area contributed by atoms with Crippen LogP contribution in [0.5, 0.6) is 0 Å². The van der Waals surface area contributed by atoms with Crippen LogP contribution < -0.4 is 0 Å². The molecule has 0 saturated heterocycles. The van der Waals surface area contributed by atoms with Gasteiger partial charge in [-0.15, -0.1) is 0 Å². The van der Waals surface area contributed by atoms with Gasteiger partial charge in [0.15, 0.2) is 0 Å². The van der Waals surface area contributed by atoms with Gasteiger partial charge in [0, 0.05) is 16.7 Å². The number of benzene rings is 1. The maximum absolute atomic E-state index is 6.09. The molecule has 0 radical (unpaired) electrons. The van der Waals surface area contributed by atoms with Gasteiger partial charge in [-0.1, -0.05) is 40.7 Å². The van der Waals surface area contributed by atoms with Crippen LogP contribution in [0.15, 0.2) is 57.7 Å². The highest BCUT2D eigenvalue weighted by atomic mass is 35.5. The molecule has 0 aliphatic rings. The van der Waals surface area contributed by atoms with Crippen molar-refractivity contribution in [3.8, 4) is 0 Å². The van der Waals surface area contributed by atoms with Crippen LogP contribution in [0, 0.1) is 0 Å². The summed E-state index contributed by atoms with van der Waals surface area (Å²) >= 11 is 7.62. The fraction of sp³-hybridized carbons (Fsp3) is 0.0769. The van der Waals surface area contributed by atoms with E-state index in [-0.39, 0.29) is 0 Å². The lowest BCUT2D eigenvalue weighted by atomic mass is 10.3. The molecule has 0 N–H and O–H groups in total. The minimum atomic E-state index is 0.731. The van der Waals surface area contributed by atoms with Crippen LogP contribution in [-0.4, -0.2) is 18.3 Å². The van der Waals surface area contributed by atoms with Crippen LogP contribution in [0.3, 0.4) is 0 Å². The van der Waals surface area contributed by atoms with E-state index in [4.69, 9.17) is 11.6 Å². The average molecular weight is 279 g/mol. The van der Waals surface area contributed by atoms with E-state index in [1.807, 2.05) is 36.4 Å². The second kappa shape index (κ2) is 6.42. The lowest BCUT2D eigenvalue weighted by Crippen LogP contribution is -1.86. The number of halogens is 1. The molecule has 0 saturated carbocycles. The second-order valence-corrected chi connectivity index (χ2v) is 4.85. The molecule has 0 aliphatic carbocycles. The van der Waals surface area contributed by atoms with Gasteiger partial charge in [-0.3, -0.25) is 0 Å². The molecule has 3 nitrogen and oxygen atoms in total.